The number of nitrogens with two attached hydrogens (primary N) is 1. The highest BCUT2D eigenvalue weighted by Crippen LogP contribution is 2.18. The zero-order valence-electron chi connectivity index (χ0n) is 8.90. The third-order valence-corrected chi connectivity index (χ3v) is 2.30. The lowest BCUT2D eigenvalue weighted by Gasteiger charge is -2.19. The van der Waals surface area contributed by atoms with Gasteiger partial charge in [-0.2, -0.15) is 0 Å². The maximum absolute atomic E-state index is 12.9. The molecule has 2 unspecified atom stereocenters. The van der Waals surface area contributed by atoms with Crippen LogP contribution in [0.5, 0.6) is 0 Å². The van der Waals surface area contributed by atoms with Crippen LogP contribution in [0.2, 0.25) is 0 Å². The van der Waals surface area contributed by atoms with Crippen LogP contribution in [0.1, 0.15) is 24.9 Å². The van der Waals surface area contributed by atoms with Gasteiger partial charge in [0.25, 0.3) is 0 Å². The molecule has 0 aliphatic heterocycles. The van der Waals surface area contributed by atoms with Crippen LogP contribution in [0.25, 0.3) is 0 Å². The van der Waals surface area contributed by atoms with Gasteiger partial charge in [-0.05, 0) is 25.0 Å². The van der Waals surface area contributed by atoms with Crippen molar-refractivity contribution in [2.75, 3.05) is 7.11 Å². The molecule has 1 rings (SSSR count). The van der Waals surface area contributed by atoms with Crippen molar-refractivity contribution in [1.29, 1.82) is 0 Å². The monoisotopic (exact) mass is 213 g/mol. The van der Waals surface area contributed by atoms with Crippen molar-refractivity contribution >= 4 is 0 Å². The Kier molecular flexibility index (Phi) is 4.61. The van der Waals surface area contributed by atoms with Crippen LogP contribution in [0.4, 0.5) is 4.39 Å². The number of hydrazine groups is 1. The van der Waals surface area contributed by atoms with E-state index < -0.39 is 0 Å². The molecular formula is C10H16FN3O. The van der Waals surface area contributed by atoms with Crippen molar-refractivity contribution < 1.29 is 9.13 Å². The van der Waals surface area contributed by atoms with E-state index in [0.29, 0.717) is 6.42 Å². The lowest BCUT2D eigenvalue weighted by atomic mass is 10.0. The summed E-state index contributed by atoms with van der Waals surface area (Å²) in [6.07, 6.45) is 3.47. The minimum atomic E-state index is -0.363. The van der Waals surface area contributed by atoms with Crippen LogP contribution in [0.15, 0.2) is 18.5 Å². The molecule has 1 aromatic rings. The Morgan fingerprint density at radius 3 is 2.87 bits per heavy atom. The summed E-state index contributed by atoms with van der Waals surface area (Å²) in [5.74, 6) is 5.04. The lowest BCUT2D eigenvalue weighted by Crippen LogP contribution is -2.30. The lowest BCUT2D eigenvalue weighted by molar-refractivity contribution is 0.100. The number of rotatable bonds is 5. The molecule has 0 aliphatic rings. The molecule has 0 aromatic carbocycles. The number of nitrogens with one attached hydrogen (secondary N) is 1. The van der Waals surface area contributed by atoms with Gasteiger partial charge in [-0.1, -0.05) is 0 Å². The SMILES string of the molecule is COC(C)CC(NN)c1cncc(F)c1. The van der Waals surface area contributed by atoms with Gasteiger partial charge in [0.15, 0.2) is 0 Å². The Balaban J connectivity index is 2.73. The Labute approximate surface area is 88.6 Å². The number of nitrogens with zero attached hydrogens (tertiary/aromatic N) is 1. The molecule has 84 valence electrons. The van der Waals surface area contributed by atoms with Crippen molar-refractivity contribution in [2.24, 2.45) is 5.84 Å². The first-order valence-corrected chi connectivity index (χ1v) is 4.76. The molecule has 0 amide bonds. The topological polar surface area (TPSA) is 60.2 Å². The summed E-state index contributed by atoms with van der Waals surface area (Å²) in [6, 6.07) is 1.27. The Hall–Kier alpha value is -1.04. The van der Waals surface area contributed by atoms with Gasteiger partial charge in [-0.15, -0.1) is 0 Å². The van der Waals surface area contributed by atoms with Gasteiger partial charge in [-0.25, -0.2) is 4.39 Å². The molecule has 5 heteroatoms. The molecule has 3 N–H and O–H groups in total. The quantitative estimate of drug-likeness (QED) is 0.569. The van der Waals surface area contributed by atoms with Crippen molar-refractivity contribution in [3.8, 4) is 0 Å². The second kappa shape index (κ2) is 5.75. The van der Waals surface area contributed by atoms with Gasteiger partial charge in [0.1, 0.15) is 5.82 Å². The fourth-order valence-corrected chi connectivity index (χ4v) is 1.35. The molecule has 0 radical (unpaired) electrons. The van der Waals surface area contributed by atoms with Crippen LogP contribution < -0.4 is 11.3 Å². The molecule has 0 saturated heterocycles. The highest BCUT2D eigenvalue weighted by atomic mass is 19.1. The summed E-state index contributed by atoms with van der Waals surface area (Å²) in [7, 11) is 1.63. The van der Waals surface area contributed by atoms with E-state index in [0.717, 1.165) is 11.8 Å². The van der Waals surface area contributed by atoms with Crippen molar-refractivity contribution in [2.45, 2.75) is 25.5 Å². The summed E-state index contributed by atoms with van der Waals surface area (Å²) in [4.78, 5) is 3.77. The standard InChI is InChI=1S/C10H16FN3O/c1-7(15-2)3-10(14-12)8-4-9(11)6-13-5-8/h4-7,10,14H,3,12H2,1-2H3. The van der Waals surface area contributed by atoms with E-state index in [-0.39, 0.29) is 18.0 Å². The first kappa shape index (κ1) is 12.0. The van der Waals surface area contributed by atoms with Crippen molar-refractivity contribution in [3.63, 3.8) is 0 Å². The summed E-state index contributed by atoms with van der Waals surface area (Å²) in [5, 5.41) is 0. The number of pyridine rings is 1. The molecule has 15 heavy (non-hydrogen) atoms. The second-order valence-electron chi connectivity index (χ2n) is 3.44. The minimum absolute atomic E-state index is 0.0503. The number of hydrogen-bond donors (Lipinski definition) is 2. The van der Waals surface area contributed by atoms with Gasteiger partial charge >= 0.3 is 0 Å². The smallest absolute Gasteiger partial charge is 0.141 e. The Bertz CT molecular complexity index is 308. The highest BCUT2D eigenvalue weighted by Gasteiger charge is 2.14. The molecule has 4 nitrogen and oxygen atoms in total. The normalized spacial score (nSPS) is 14.9. The fraction of sp³-hybridized carbons (Fsp3) is 0.500. The molecule has 0 spiro atoms. The first-order chi connectivity index (χ1) is 7.17. The maximum Gasteiger partial charge on any atom is 0.141 e. The van der Waals surface area contributed by atoms with Gasteiger partial charge in [0.2, 0.25) is 0 Å². The fourth-order valence-electron chi connectivity index (χ4n) is 1.35. The van der Waals surface area contributed by atoms with Gasteiger partial charge in [0.05, 0.1) is 18.3 Å². The molecule has 0 aliphatic carbocycles. The molecule has 1 aromatic heterocycles. The van der Waals surface area contributed by atoms with E-state index in [9.17, 15) is 4.39 Å². The van der Waals surface area contributed by atoms with E-state index in [1.165, 1.54) is 6.07 Å². The van der Waals surface area contributed by atoms with E-state index in [1.807, 2.05) is 6.92 Å². The van der Waals surface area contributed by atoms with E-state index in [2.05, 4.69) is 10.4 Å². The van der Waals surface area contributed by atoms with Crippen molar-refractivity contribution in [3.05, 3.63) is 29.8 Å². The van der Waals surface area contributed by atoms with Crippen LogP contribution in [0.3, 0.4) is 0 Å². The zero-order valence-corrected chi connectivity index (χ0v) is 8.90. The van der Waals surface area contributed by atoms with Gasteiger partial charge in [0, 0.05) is 13.3 Å². The predicted molar refractivity (Wildman–Crippen MR) is 55.3 cm³/mol. The van der Waals surface area contributed by atoms with Crippen LogP contribution >= 0.6 is 0 Å². The summed E-state index contributed by atoms with van der Waals surface area (Å²) in [5.41, 5.74) is 3.35. The number of halogens is 1. The Morgan fingerprint density at radius 2 is 2.33 bits per heavy atom. The van der Waals surface area contributed by atoms with Gasteiger partial charge in [-0.3, -0.25) is 16.3 Å². The summed E-state index contributed by atoms with van der Waals surface area (Å²) < 4.78 is 18.0. The number of hydrogen-bond acceptors (Lipinski definition) is 4. The molecule has 0 bridgehead atoms. The highest BCUT2D eigenvalue weighted by molar-refractivity contribution is 5.14. The van der Waals surface area contributed by atoms with E-state index in [4.69, 9.17) is 10.6 Å². The van der Waals surface area contributed by atoms with E-state index >= 15 is 0 Å². The van der Waals surface area contributed by atoms with Crippen LogP contribution in [-0.4, -0.2) is 18.2 Å². The largest absolute Gasteiger partial charge is 0.382 e. The van der Waals surface area contributed by atoms with E-state index in [1.54, 1.807) is 13.3 Å². The third kappa shape index (κ3) is 3.54. The maximum atomic E-state index is 12.9. The number of ether oxygens (including phenoxy) is 1. The molecule has 0 fully saturated rings. The number of methoxy groups -OCH3 is 1. The van der Waals surface area contributed by atoms with Gasteiger partial charge < -0.3 is 4.74 Å². The molecule has 0 saturated carbocycles. The summed E-state index contributed by atoms with van der Waals surface area (Å²) >= 11 is 0. The van der Waals surface area contributed by atoms with Crippen LogP contribution in [0, 0.1) is 5.82 Å². The average molecular weight is 213 g/mol. The average Bonchev–Trinajstić information content (AvgIpc) is 2.25. The first-order valence-electron chi connectivity index (χ1n) is 4.76. The third-order valence-electron chi connectivity index (χ3n) is 2.30. The number of aromatic nitrogens is 1. The molecule has 1 heterocycles. The minimum Gasteiger partial charge on any atom is -0.382 e. The molecular weight excluding hydrogens is 197 g/mol. The summed E-state index contributed by atoms with van der Waals surface area (Å²) in [6.45, 7) is 1.93. The van der Waals surface area contributed by atoms with Crippen molar-refractivity contribution in [1.82, 2.24) is 10.4 Å². The zero-order chi connectivity index (χ0) is 11.3. The molecule has 2 atom stereocenters. The second-order valence-corrected chi connectivity index (χ2v) is 3.44. The predicted octanol–water partition coefficient (Wildman–Crippen LogP) is 1.15. The Morgan fingerprint density at radius 1 is 1.60 bits per heavy atom. The van der Waals surface area contributed by atoms with Crippen LogP contribution in [-0.2, 0) is 4.74 Å².